The number of benzene rings is 1. The Labute approximate surface area is 112 Å². The van der Waals surface area contributed by atoms with Crippen molar-refractivity contribution in [2.75, 3.05) is 13.2 Å². The molecule has 0 spiro atoms. The third kappa shape index (κ3) is 2.96. The molecule has 19 heavy (non-hydrogen) atoms. The van der Waals surface area contributed by atoms with Crippen molar-refractivity contribution in [2.24, 2.45) is 0 Å². The first-order valence-electron chi connectivity index (χ1n) is 6.44. The van der Waals surface area contributed by atoms with Crippen LogP contribution in [0.15, 0.2) is 29.2 Å². The summed E-state index contributed by atoms with van der Waals surface area (Å²) < 4.78 is 40.0. The van der Waals surface area contributed by atoms with Gasteiger partial charge in [0.1, 0.15) is 10.7 Å². The highest BCUT2D eigenvalue weighted by Crippen LogP contribution is 2.28. The smallest absolute Gasteiger partial charge is 0.246 e. The third-order valence-electron chi connectivity index (χ3n) is 3.46. The van der Waals surface area contributed by atoms with Crippen LogP contribution in [0.3, 0.4) is 0 Å². The first-order valence-corrected chi connectivity index (χ1v) is 7.88. The molecule has 4 nitrogen and oxygen atoms in total. The van der Waals surface area contributed by atoms with Gasteiger partial charge >= 0.3 is 0 Å². The SMILES string of the molecule is O=S(=O)(c1ccccc1F)N1CCCCC1CCO. The molecule has 1 N–H and O–H groups in total. The van der Waals surface area contributed by atoms with Crippen LogP contribution in [0.5, 0.6) is 0 Å². The van der Waals surface area contributed by atoms with E-state index in [2.05, 4.69) is 0 Å². The molecule has 106 valence electrons. The number of sulfonamides is 1. The lowest BCUT2D eigenvalue weighted by Crippen LogP contribution is -2.44. The van der Waals surface area contributed by atoms with Gasteiger partial charge in [0.05, 0.1) is 0 Å². The summed E-state index contributed by atoms with van der Waals surface area (Å²) in [4.78, 5) is -0.278. The van der Waals surface area contributed by atoms with Crippen molar-refractivity contribution in [3.05, 3.63) is 30.1 Å². The normalized spacial score (nSPS) is 21.5. The topological polar surface area (TPSA) is 57.6 Å². The van der Waals surface area contributed by atoms with Crippen molar-refractivity contribution in [1.82, 2.24) is 4.31 Å². The molecule has 1 aliphatic heterocycles. The maximum absolute atomic E-state index is 13.7. The van der Waals surface area contributed by atoms with Gasteiger partial charge in [0, 0.05) is 19.2 Å². The average molecular weight is 287 g/mol. The summed E-state index contributed by atoms with van der Waals surface area (Å²) in [6.07, 6.45) is 2.82. The molecular weight excluding hydrogens is 269 g/mol. The van der Waals surface area contributed by atoms with Gasteiger partial charge in [0.15, 0.2) is 0 Å². The molecule has 1 heterocycles. The Hall–Kier alpha value is -0.980. The van der Waals surface area contributed by atoms with E-state index in [1.807, 2.05) is 0 Å². The fourth-order valence-corrected chi connectivity index (χ4v) is 4.30. The van der Waals surface area contributed by atoms with Crippen LogP contribution < -0.4 is 0 Å². The number of hydrogen-bond acceptors (Lipinski definition) is 3. The molecule has 0 bridgehead atoms. The molecule has 1 unspecified atom stereocenters. The Balaban J connectivity index is 2.35. The molecule has 1 aromatic carbocycles. The Morgan fingerprint density at radius 1 is 1.32 bits per heavy atom. The summed E-state index contributed by atoms with van der Waals surface area (Å²) in [7, 11) is -3.82. The molecule has 1 atom stereocenters. The number of halogens is 1. The van der Waals surface area contributed by atoms with Crippen LogP contribution >= 0.6 is 0 Å². The minimum atomic E-state index is -3.82. The van der Waals surface area contributed by atoms with Crippen LogP contribution in [0, 0.1) is 5.82 Å². The Kier molecular flexibility index (Phi) is 4.54. The largest absolute Gasteiger partial charge is 0.396 e. The Morgan fingerprint density at radius 2 is 2.05 bits per heavy atom. The molecule has 0 radical (unpaired) electrons. The van der Waals surface area contributed by atoms with Crippen LogP contribution in [0.25, 0.3) is 0 Å². The zero-order chi connectivity index (χ0) is 13.9. The van der Waals surface area contributed by atoms with Gasteiger partial charge in [0.2, 0.25) is 10.0 Å². The van der Waals surface area contributed by atoms with E-state index in [-0.39, 0.29) is 17.5 Å². The zero-order valence-electron chi connectivity index (χ0n) is 10.6. The predicted octanol–water partition coefficient (Wildman–Crippen LogP) is 1.75. The van der Waals surface area contributed by atoms with Crippen LogP contribution in [0.1, 0.15) is 25.7 Å². The lowest BCUT2D eigenvalue weighted by molar-refractivity contribution is 0.192. The number of aliphatic hydroxyl groups is 1. The summed E-state index contributed by atoms with van der Waals surface area (Å²) in [5.74, 6) is -0.726. The van der Waals surface area contributed by atoms with Crippen molar-refractivity contribution < 1.29 is 17.9 Å². The fraction of sp³-hybridized carbons (Fsp3) is 0.538. The molecule has 1 fully saturated rings. The molecule has 0 aliphatic carbocycles. The number of rotatable bonds is 4. The van der Waals surface area contributed by atoms with Crippen molar-refractivity contribution >= 4 is 10.0 Å². The summed E-state index contributed by atoms with van der Waals surface area (Å²) >= 11 is 0. The van der Waals surface area contributed by atoms with E-state index in [9.17, 15) is 12.8 Å². The highest BCUT2D eigenvalue weighted by Gasteiger charge is 2.34. The molecule has 1 saturated heterocycles. The Bertz CT molecular complexity index is 530. The predicted molar refractivity (Wildman–Crippen MR) is 69.6 cm³/mol. The van der Waals surface area contributed by atoms with Gasteiger partial charge in [-0.15, -0.1) is 0 Å². The van der Waals surface area contributed by atoms with E-state index in [0.717, 1.165) is 18.9 Å². The van der Waals surface area contributed by atoms with Crippen molar-refractivity contribution in [1.29, 1.82) is 0 Å². The maximum atomic E-state index is 13.7. The van der Waals surface area contributed by atoms with Crippen LogP contribution in [0.4, 0.5) is 4.39 Å². The maximum Gasteiger partial charge on any atom is 0.246 e. The lowest BCUT2D eigenvalue weighted by Gasteiger charge is -2.34. The zero-order valence-corrected chi connectivity index (χ0v) is 11.4. The molecule has 0 saturated carbocycles. The van der Waals surface area contributed by atoms with Crippen molar-refractivity contribution in [3.63, 3.8) is 0 Å². The van der Waals surface area contributed by atoms with Crippen molar-refractivity contribution in [3.8, 4) is 0 Å². The van der Waals surface area contributed by atoms with E-state index >= 15 is 0 Å². The number of hydrogen-bond donors (Lipinski definition) is 1. The van der Waals surface area contributed by atoms with Crippen LogP contribution in [-0.2, 0) is 10.0 Å². The summed E-state index contributed by atoms with van der Waals surface area (Å²) in [6, 6.07) is 5.19. The second kappa shape index (κ2) is 5.98. The molecule has 1 aliphatic rings. The van der Waals surface area contributed by atoms with E-state index in [4.69, 9.17) is 5.11 Å². The minimum Gasteiger partial charge on any atom is -0.396 e. The summed E-state index contributed by atoms with van der Waals surface area (Å²) in [6.45, 7) is 0.329. The minimum absolute atomic E-state index is 0.0615. The van der Waals surface area contributed by atoms with Crippen LogP contribution in [-0.4, -0.2) is 37.0 Å². The van der Waals surface area contributed by atoms with Crippen LogP contribution in [0.2, 0.25) is 0 Å². The Morgan fingerprint density at radius 3 is 2.74 bits per heavy atom. The van der Waals surface area contributed by atoms with E-state index in [1.54, 1.807) is 0 Å². The monoisotopic (exact) mass is 287 g/mol. The first kappa shape index (κ1) is 14.4. The van der Waals surface area contributed by atoms with Gasteiger partial charge < -0.3 is 5.11 Å². The highest BCUT2D eigenvalue weighted by molar-refractivity contribution is 7.89. The second-order valence-corrected chi connectivity index (χ2v) is 6.57. The first-order chi connectivity index (χ1) is 9.07. The van der Waals surface area contributed by atoms with E-state index < -0.39 is 15.8 Å². The van der Waals surface area contributed by atoms with Gasteiger partial charge in [0.25, 0.3) is 0 Å². The van der Waals surface area contributed by atoms with Gasteiger partial charge in [-0.1, -0.05) is 18.6 Å². The highest BCUT2D eigenvalue weighted by atomic mass is 32.2. The molecular formula is C13H18FNO3S. The molecule has 6 heteroatoms. The fourth-order valence-electron chi connectivity index (χ4n) is 2.51. The van der Waals surface area contributed by atoms with E-state index in [0.29, 0.717) is 19.4 Å². The van der Waals surface area contributed by atoms with Gasteiger partial charge in [-0.25, -0.2) is 12.8 Å². The summed E-state index contributed by atoms with van der Waals surface area (Å²) in [5.41, 5.74) is 0. The van der Waals surface area contributed by atoms with Gasteiger partial charge in [-0.05, 0) is 31.4 Å². The molecule has 2 rings (SSSR count). The molecule has 0 amide bonds. The third-order valence-corrected chi connectivity index (χ3v) is 5.44. The quantitative estimate of drug-likeness (QED) is 0.918. The average Bonchev–Trinajstić information content (AvgIpc) is 2.40. The lowest BCUT2D eigenvalue weighted by atomic mass is 10.0. The van der Waals surface area contributed by atoms with Gasteiger partial charge in [-0.3, -0.25) is 0 Å². The second-order valence-electron chi connectivity index (χ2n) is 4.71. The standard InChI is InChI=1S/C13H18FNO3S/c14-12-6-1-2-7-13(12)19(17,18)15-9-4-3-5-11(15)8-10-16/h1-2,6-7,11,16H,3-5,8-10H2. The van der Waals surface area contributed by atoms with Crippen molar-refractivity contribution in [2.45, 2.75) is 36.6 Å². The van der Waals surface area contributed by atoms with E-state index in [1.165, 1.54) is 22.5 Å². The molecule has 1 aromatic rings. The number of piperidine rings is 1. The molecule has 0 aromatic heterocycles. The van der Waals surface area contributed by atoms with Gasteiger partial charge in [-0.2, -0.15) is 4.31 Å². The summed E-state index contributed by atoms with van der Waals surface area (Å²) in [5, 5.41) is 9.03. The number of nitrogens with zero attached hydrogens (tertiary/aromatic N) is 1. The number of aliphatic hydroxyl groups excluding tert-OH is 1.